The molecule has 0 bridgehead atoms. The Morgan fingerprint density at radius 3 is 2.57 bits per heavy atom. The van der Waals surface area contributed by atoms with Gasteiger partial charge in [-0.15, -0.1) is 11.6 Å². The van der Waals surface area contributed by atoms with Crippen molar-refractivity contribution in [2.75, 3.05) is 20.8 Å². The number of halogens is 1. The normalized spacial score (nSPS) is 10.6. The Hall–Kier alpha value is -2.15. The fourth-order valence-corrected chi connectivity index (χ4v) is 2.29. The third kappa shape index (κ3) is 3.13. The van der Waals surface area contributed by atoms with Crippen molar-refractivity contribution in [2.45, 2.75) is 12.4 Å². The summed E-state index contributed by atoms with van der Waals surface area (Å²) in [4.78, 5) is 15.1. The van der Waals surface area contributed by atoms with Crippen molar-refractivity contribution in [3.05, 3.63) is 18.0 Å². The fraction of sp³-hybridized carbons (Fsp3) is 0.385. The summed E-state index contributed by atoms with van der Waals surface area (Å²) < 4.78 is 17.1. The lowest BCUT2D eigenvalue weighted by atomic mass is 10.2. The number of carbonyl (C=O) groups is 1. The molecular formula is C13H16ClN3O4. The number of nitrogens with zero attached hydrogens (tertiary/aromatic N) is 2. The molecule has 0 radical (unpaired) electrons. The quantitative estimate of drug-likeness (QED) is 0.823. The first kappa shape index (κ1) is 15.2. The van der Waals surface area contributed by atoms with Crippen LogP contribution < -0.4 is 15.2 Å². The number of nitrogens with two attached hydrogens (primary N) is 1. The van der Waals surface area contributed by atoms with Crippen LogP contribution in [-0.2, 0) is 17.2 Å². The number of alkyl halides is 1. The van der Waals surface area contributed by atoms with Gasteiger partial charge in [-0.3, -0.25) is 0 Å². The lowest BCUT2D eigenvalue weighted by Gasteiger charge is -2.10. The summed E-state index contributed by atoms with van der Waals surface area (Å²) in [5, 5.41) is 0. The van der Waals surface area contributed by atoms with E-state index in [1.165, 1.54) is 0 Å². The molecule has 1 amide bonds. The molecule has 0 saturated carbocycles. The smallest absolute Gasteiger partial charge is 0.404 e. The Morgan fingerprint density at radius 1 is 1.33 bits per heavy atom. The van der Waals surface area contributed by atoms with Gasteiger partial charge in [0.05, 0.1) is 37.7 Å². The highest BCUT2D eigenvalue weighted by atomic mass is 35.5. The summed E-state index contributed by atoms with van der Waals surface area (Å²) in [6.07, 6.45) is -0.814. The fourth-order valence-electron chi connectivity index (χ4n) is 2.09. The first-order chi connectivity index (χ1) is 10.1. The number of hydrogen-bond acceptors (Lipinski definition) is 5. The molecule has 0 aliphatic heterocycles. The summed E-state index contributed by atoms with van der Waals surface area (Å²) in [5.41, 5.74) is 6.49. The van der Waals surface area contributed by atoms with Crippen LogP contribution in [0, 0.1) is 0 Å². The second-order valence-corrected chi connectivity index (χ2v) is 4.44. The van der Waals surface area contributed by atoms with Gasteiger partial charge in [0, 0.05) is 12.1 Å². The maximum atomic E-state index is 10.6. The van der Waals surface area contributed by atoms with E-state index < -0.39 is 6.09 Å². The maximum Gasteiger partial charge on any atom is 0.404 e. The number of amides is 1. The summed E-state index contributed by atoms with van der Waals surface area (Å²) in [6.45, 7) is 0.538. The molecule has 7 nitrogen and oxygen atoms in total. The summed E-state index contributed by atoms with van der Waals surface area (Å²) >= 11 is 5.91. The number of rotatable bonds is 6. The number of ether oxygens (including phenoxy) is 3. The van der Waals surface area contributed by atoms with Crippen LogP contribution in [-0.4, -0.2) is 36.5 Å². The van der Waals surface area contributed by atoms with Crippen molar-refractivity contribution in [3.8, 4) is 11.5 Å². The molecule has 0 fully saturated rings. The standard InChI is InChI=1S/C13H16ClN3O4/c1-19-10-5-8-9(6-11(10)20-2)17(12(7-14)16-8)3-4-21-13(15)18/h5-6H,3-4,7H2,1-2H3,(H2,15,18). The van der Waals surface area contributed by atoms with Crippen LogP contribution in [0.3, 0.4) is 0 Å². The van der Waals surface area contributed by atoms with E-state index in [1.54, 1.807) is 20.3 Å². The molecule has 0 atom stereocenters. The summed E-state index contributed by atoms with van der Waals surface area (Å²) in [7, 11) is 3.12. The molecule has 21 heavy (non-hydrogen) atoms. The average Bonchev–Trinajstić information content (AvgIpc) is 2.82. The van der Waals surface area contributed by atoms with E-state index >= 15 is 0 Å². The van der Waals surface area contributed by atoms with Crippen LogP contribution >= 0.6 is 11.6 Å². The minimum absolute atomic E-state index is 0.138. The van der Waals surface area contributed by atoms with Crippen molar-refractivity contribution in [1.29, 1.82) is 0 Å². The summed E-state index contributed by atoms with van der Waals surface area (Å²) in [6, 6.07) is 3.58. The van der Waals surface area contributed by atoms with Gasteiger partial charge >= 0.3 is 6.09 Å². The zero-order valence-electron chi connectivity index (χ0n) is 11.8. The third-order valence-corrected chi connectivity index (χ3v) is 3.25. The molecule has 114 valence electrons. The Morgan fingerprint density at radius 2 is 2.00 bits per heavy atom. The Labute approximate surface area is 126 Å². The molecule has 1 aromatic carbocycles. The van der Waals surface area contributed by atoms with Crippen LogP contribution in [0.2, 0.25) is 0 Å². The number of benzene rings is 1. The van der Waals surface area contributed by atoms with E-state index in [0.717, 1.165) is 11.0 Å². The molecule has 8 heteroatoms. The monoisotopic (exact) mass is 313 g/mol. The zero-order valence-corrected chi connectivity index (χ0v) is 12.5. The minimum Gasteiger partial charge on any atom is -0.493 e. The van der Waals surface area contributed by atoms with Gasteiger partial charge in [-0.25, -0.2) is 9.78 Å². The average molecular weight is 314 g/mol. The van der Waals surface area contributed by atoms with E-state index in [1.807, 2.05) is 10.6 Å². The first-order valence-electron chi connectivity index (χ1n) is 6.20. The van der Waals surface area contributed by atoms with Crippen LogP contribution in [0.15, 0.2) is 12.1 Å². The highest BCUT2D eigenvalue weighted by Crippen LogP contribution is 2.32. The van der Waals surface area contributed by atoms with E-state index in [9.17, 15) is 4.79 Å². The van der Waals surface area contributed by atoms with Gasteiger partial charge < -0.3 is 24.5 Å². The molecule has 0 aliphatic rings. The summed E-state index contributed by atoms with van der Waals surface area (Å²) in [5.74, 6) is 2.07. The number of primary amides is 1. The van der Waals surface area contributed by atoms with Crippen molar-refractivity contribution in [2.24, 2.45) is 5.73 Å². The van der Waals surface area contributed by atoms with Crippen LogP contribution in [0.1, 0.15) is 5.82 Å². The van der Waals surface area contributed by atoms with Crippen molar-refractivity contribution in [1.82, 2.24) is 9.55 Å². The van der Waals surface area contributed by atoms with E-state index in [-0.39, 0.29) is 12.5 Å². The van der Waals surface area contributed by atoms with E-state index in [4.69, 9.17) is 31.5 Å². The molecule has 2 N–H and O–H groups in total. The van der Waals surface area contributed by atoms with Crippen LogP contribution in [0.25, 0.3) is 11.0 Å². The topological polar surface area (TPSA) is 88.6 Å². The minimum atomic E-state index is -0.814. The number of fused-ring (bicyclic) bond motifs is 1. The Bertz CT molecular complexity index is 656. The lowest BCUT2D eigenvalue weighted by molar-refractivity contribution is 0.152. The second-order valence-electron chi connectivity index (χ2n) is 4.18. The molecule has 1 heterocycles. The second kappa shape index (κ2) is 6.53. The van der Waals surface area contributed by atoms with Gasteiger partial charge in [0.1, 0.15) is 12.4 Å². The number of carbonyl (C=O) groups excluding carboxylic acids is 1. The zero-order chi connectivity index (χ0) is 15.4. The highest BCUT2D eigenvalue weighted by molar-refractivity contribution is 6.16. The molecule has 1 aromatic heterocycles. The number of aromatic nitrogens is 2. The van der Waals surface area contributed by atoms with E-state index in [0.29, 0.717) is 23.9 Å². The first-order valence-corrected chi connectivity index (χ1v) is 6.73. The number of methoxy groups -OCH3 is 2. The molecule has 0 spiro atoms. The van der Waals surface area contributed by atoms with Crippen LogP contribution in [0.5, 0.6) is 11.5 Å². The van der Waals surface area contributed by atoms with Crippen molar-refractivity contribution >= 4 is 28.7 Å². The van der Waals surface area contributed by atoms with Gasteiger partial charge in [-0.05, 0) is 0 Å². The molecule has 0 unspecified atom stereocenters. The van der Waals surface area contributed by atoms with Crippen LogP contribution in [0.4, 0.5) is 4.79 Å². The van der Waals surface area contributed by atoms with E-state index in [2.05, 4.69) is 4.98 Å². The number of imidazole rings is 1. The maximum absolute atomic E-state index is 10.6. The lowest BCUT2D eigenvalue weighted by Crippen LogP contribution is -2.17. The third-order valence-electron chi connectivity index (χ3n) is 3.01. The van der Waals surface area contributed by atoms with Gasteiger partial charge in [0.15, 0.2) is 11.5 Å². The van der Waals surface area contributed by atoms with Gasteiger partial charge in [0.2, 0.25) is 0 Å². The SMILES string of the molecule is COc1cc2nc(CCl)n(CCOC(N)=O)c2cc1OC. The molecule has 2 aromatic rings. The molecule has 2 rings (SSSR count). The van der Waals surface area contributed by atoms with Crippen molar-refractivity contribution < 1.29 is 19.0 Å². The van der Waals surface area contributed by atoms with Gasteiger partial charge in [-0.2, -0.15) is 0 Å². The predicted molar refractivity (Wildman–Crippen MR) is 77.9 cm³/mol. The van der Waals surface area contributed by atoms with Gasteiger partial charge in [0.25, 0.3) is 0 Å². The van der Waals surface area contributed by atoms with Crippen molar-refractivity contribution in [3.63, 3.8) is 0 Å². The number of hydrogen-bond donors (Lipinski definition) is 1. The highest BCUT2D eigenvalue weighted by Gasteiger charge is 2.14. The molecule has 0 aliphatic carbocycles. The molecular weight excluding hydrogens is 298 g/mol. The Balaban J connectivity index is 2.43. The van der Waals surface area contributed by atoms with Gasteiger partial charge in [-0.1, -0.05) is 0 Å². The Kier molecular flexibility index (Phi) is 4.74. The largest absolute Gasteiger partial charge is 0.493 e. The predicted octanol–water partition coefficient (Wildman–Crippen LogP) is 1.89. The molecule has 0 saturated heterocycles.